The van der Waals surface area contributed by atoms with Crippen LogP contribution in [0.4, 0.5) is 4.39 Å². The normalized spacial score (nSPS) is 15.8. The Morgan fingerprint density at radius 1 is 1.44 bits per heavy atom. The third-order valence-electron chi connectivity index (χ3n) is 3.31. The molecule has 3 rings (SSSR count). The number of benzene rings is 1. The number of hydrogen-bond donors (Lipinski definition) is 1. The predicted octanol–water partition coefficient (Wildman–Crippen LogP) is 3.01. The number of fused-ring (bicyclic) bond motifs is 1. The highest BCUT2D eigenvalue weighted by Crippen LogP contribution is 2.38. The third-order valence-corrected chi connectivity index (χ3v) is 3.31. The van der Waals surface area contributed by atoms with Crippen molar-refractivity contribution < 1.29 is 4.39 Å². The minimum Gasteiger partial charge on any atom is -0.324 e. The van der Waals surface area contributed by atoms with E-state index in [0.29, 0.717) is 12.1 Å². The van der Waals surface area contributed by atoms with Gasteiger partial charge in [-0.3, -0.25) is 0 Å². The van der Waals surface area contributed by atoms with Crippen molar-refractivity contribution >= 4 is 11.0 Å². The first-order valence-corrected chi connectivity index (χ1v) is 6.55. The molecule has 1 heterocycles. The number of nitrogens with one attached hydrogen (secondary N) is 1. The van der Waals surface area contributed by atoms with Gasteiger partial charge in [-0.2, -0.15) is 0 Å². The molecule has 1 N–H and O–H groups in total. The van der Waals surface area contributed by atoms with E-state index in [1.165, 1.54) is 18.9 Å². The molecule has 0 saturated heterocycles. The Morgan fingerprint density at radius 3 is 2.89 bits per heavy atom. The largest absolute Gasteiger partial charge is 0.324 e. The summed E-state index contributed by atoms with van der Waals surface area (Å²) in [4.78, 5) is 4.62. The standard InChI is InChI=1S/C14H18FN3/c1-9(2)16-8-14-17-12-6-3-10(15)7-13(12)18(14)11-4-5-11/h3,6-7,9,11,16H,4-5,8H2,1-2H3. The summed E-state index contributed by atoms with van der Waals surface area (Å²) in [6, 6.07) is 5.78. The zero-order valence-electron chi connectivity index (χ0n) is 10.8. The van der Waals surface area contributed by atoms with Crippen LogP contribution in [-0.4, -0.2) is 15.6 Å². The van der Waals surface area contributed by atoms with E-state index in [-0.39, 0.29) is 5.82 Å². The molecule has 1 aliphatic rings. The molecular weight excluding hydrogens is 229 g/mol. The molecule has 0 spiro atoms. The molecule has 96 valence electrons. The van der Waals surface area contributed by atoms with E-state index in [1.807, 2.05) is 0 Å². The first kappa shape index (κ1) is 11.7. The summed E-state index contributed by atoms with van der Waals surface area (Å²) >= 11 is 0. The average Bonchev–Trinajstić information content (AvgIpc) is 3.08. The molecular formula is C14H18FN3. The van der Waals surface area contributed by atoms with E-state index < -0.39 is 0 Å². The topological polar surface area (TPSA) is 29.9 Å². The van der Waals surface area contributed by atoms with E-state index in [0.717, 1.165) is 23.4 Å². The van der Waals surface area contributed by atoms with Gasteiger partial charge in [-0.05, 0) is 31.0 Å². The summed E-state index contributed by atoms with van der Waals surface area (Å²) in [5, 5.41) is 3.38. The quantitative estimate of drug-likeness (QED) is 0.900. The molecule has 1 aromatic carbocycles. The van der Waals surface area contributed by atoms with Gasteiger partial charge < -0.3 is 9.88 Å². The molecule has 4 heteroatoms. The zero-order chi connectivity index (χ0) is 12.7. The highest BCUT2D eigenvalue weighted by atomic mass is 19.1. The number of nitrogens with zero attached hydrogens (tertiary/aromatic N) is 2. The van der Waals surface area contributed by atoms with Crippen LogP contribution in [0.3, 0.4) is 0 Å². The molecule has 18 heavy (non-hydrogen) atoms. The molecule has 1 aromatic heterocycles. The van der Waals surface area contributed by atoms with Gasteiger partial charge in [0.15, 0.2) is 0 Å². The summed E-state index contributed by atoms with van der Waals surface area (Å²) < 4.78 is 15.6. The Kier molecular flexibility index (Phi) is 2.82. The minimum atomic E-state index is -0.187. The second-order valence-corrected chi connectivity index (χ2v) is 5.30. The van der Waals surface area contributed by atoms with Crippen LogP contribution in [0.1, 0.15) is 38.6 Å². The fraction of sp³-hybridized carbons (Fsp3) is 0.500. The van der Waals surface area contributed by atoms with Crippen LogP contribution in [0.25, 0.3) is 11.0 Å². The molecule has 0 radical (unpaired) electrons. The Labute approximate surface area is 106 Å². The molecule has 1 saturated carbocycles. The van der Waals surface area contributed by atoms with Crippen molar-refractivity contribution in [2.45, 2.75) is 45.3 Å². The monoisotopic (exact) mass is 247 g/mol. The maximum absolute atomic E-state index is 13.4. The van der Waals surface area contributed by atoms with E-state index in [9.17, 15) is 4.39 Å². The van der Waals surface area contributed by atoms with Crippen molar-refractivity contribution in [3.05, 3.63) is 29.8 Å². The molecule has 0 atom stereocenters. The van der Waals surface area contributed by atoms with E-state index in [4.69, 9.17) is 0 Å². The van der Waals surface area contributed by atoms with Crippen LogP contribution in [0.5, 0.6) is 0 Å². The summed E-state index contributed by atoms with van der Waals surface area (Å²) in [6.45, 7) is 4.97. The lowest BCUT2D eigenvalue weighted by Crippen LogP contribution is -2.23. The van der Waals surface area contributed by atoms with Gasteiger partial charge in [-0.15, -0.1) is 0 Å². The Bertz CT molecular complexity index is 570. The second-order valence-electron chi connectivity index (χ2n) is 5.30. The van der Waals surface area contributed by atoms with Crippen LogP contribution < -0.4 is 5.32 Å². The van der Waals surface area contributed by atoms with Crippen molar-refractivity contribution in [1.82, 2.24) is 14.9 Å². The number of aromatic nitrogens is 2. The van der Waals surface area contributed by atoms with Crippen LogP contribution in [0.15, 0.2) is 18.2 Å². The smallest absolute Gasteiger partial charge is 0.125 e. The first-order valence-electron chi connectivity index (χ1n) is 6.55. The van der Waals surface area contributed by atoms with Gasteiger partial charge >= 0.3 is 0 Å². The molecule has 1 aliphatic carbocycles. The van der Waals surface area contributed by atoms with Gasteiger partial charge in [0, 0.05) is 12.1 Å². The lowest BCUT2D eigenvalue weighted by atomic mass is 10.3. The first-order chi connectivity index (χ1) is 8.65. The lowest BCUT2D eigenvalue weighted by molar-refractivity contribution is 0.551. The van der Waals surface area contributed by atoms with Crippen LogP contribution in [0.2, 0.25) is 0 Å². The van der Waals surface area contributed by atoms with Crippen molar-refractivity contribution in [3.8, 4) is 0 Å². The van der Waals surface area contributed by atoms with Crippen molar-refractivity contribution in [2.75, 3.05) is 0 Å². The Morgan fingerprint density at radius 2 is 2.22 bits per heavy atom. The van der Waals surface area contributed by atoms with E-state index in [1.54, 1.807) is 12.1 Å². The minimum absolute atomic E-state index is 0.187. The summed E-state index contributed by atoms with van der Waals surface area (Å²) in [6.07, 6.45) is 2.35. The maximum atomic E-state index is 13.4. The van der Waals surface area contributed by atoms with Gasteiger partial charge in [-0.1, -0.05) is 13.8 Å². The number of imidazole rings is 1. The van der Waals surface area contributed by atoms with Gasteiger partial charge in [-0.25, -0.2) is 9.37 Å². The highest BCUT2D eigenvalue weighted by Gasteiger charge is 2.28. The SMILES string of the molecule is CC(C)NCc1nc2ccc(F)cc2n1C1CC1. The van der Waals surface area contributed by atoms with Crippen LogP contribution in [-0.2, 0) is 6.54 Å². The van der Waals surface area contributed by atoms with E-state index in [2.05, 4.69) is 28.7 Å². The summed E-state index contributed by atoms with van der Waals surface area (Å²) in [5.41, 5.74) is 1.82. The average molecular weight is 247 g/mol. The maximum Gasteiger partial charge on any atom is 0.125 e. The number of hydrogen-bond acceptors (Lipinski definition) is 2. The van der Waals surface area contributed by atoms with Gasteiger partial charge in [0.25, 0.3) is 0 Å². The summed E-state index contributed by atoms with van der Waals surface area (Å²) in [7, 11) is 0. The fourth-order valence-corrected chi connectivity index (χ4v) is 2.28. The van der Waals surface area contributed by atoms with Gasteiger partial charge in [0.2, 0.25) is 0 Å². The zero-order valence-corrected chi connectivity index (χ0v) is 10.8. The second kappa shape index (κ2) is 4.35. The van der Waals surface area contributed by atoms with Crippen molar-refractivity contribution in [1.29, 1.82) is 0 Å². The van der Waals surface area contributed by atoms with Crippen LogP contribution in [0, 0.1) is 5.82 Å². The fourth-order valence-electron chi connectivity index (χ4n) is 2.28. The van der Waals surface area contributed by atoms with Gasteiger partial charge in [0.05, 0.1) is 17.6 Å². The number of halogens is 1. The molecule has 0 unspecified atom stereocenters. The molecule has 0 aliphatic heterocycles. The van der Waals surface area contributed by atoms with Gasteiger partial charge in [0.1, 0.15) is 11.6 Å². The van der Waals surface area contributed by atoms with E-state index >= 15 is 0 Å². The Balaban J connectivity index is 2.04. The lowest BCUT2D eigenvalue weighted by Gasteiger charge is -2.10. The highest BCUT2D eigenvalue weighted by molar-refractivity contribution is 5.76. The number of rotatable bonds is 4. The molecule has 0 bridgehead atoms. The molecule has 0 amide bonds. The van der Waals surface area contributed by atoms with Crippen LogP contribution >= 0.6 is 0 Å². The predicted molar refractivity (Wildman–Crippen MR) is 69.9 cm³/mol. The van der Waals surface area contributed by atoms with Crippen molar-refractivity contribution in [3.63, 3.8) is 0 Å². The molecule has 1 fully saturated rings. The molecule has 3 nitrogen and oxygen atoms in total. The summed E-state index contributed by atoms with van der Waals surface area (Å²) in [5.74, 6) is 0.833. The Hall–Kier alpha value is -1.42. The third kappa shape index (κ3) is 2.12. The van der Waals surface area contributed by atoms with Crippen molar-refractivity contribution in [2.24, 2.45) is 0 Å². The molecule has 2 aromatic rings.